The lowest BCUT2D eigenvalue weighted by Gasteiger charge is -2.39. The zero-order chi connectivity index (χ0) is 10.6. The van der Waals surface area contributed by atoms with Crippen molar-refractivity contribution in [2.75, 3.05) is 13.1 Å². The van der Waals surface area contributed by atoms with Crippen LogP contribution in [0.5, 0.6) is 0 Å². The Morgan fingerprint density at radius 1 is 1.38 bits per heavy atom. The fourth-order valence-electron chi connectivity index (χ4n) is 1.08. The van der Waals surface area contributed by atoms with Gasteiger partial charge in [0.15, 0.2) is 12.0 Å². The standard InChI is InChI=1S/C7H18N2O4/c1-5(10)9(4-3-8)7(2,13)6(11)12/h5-6,10-13H,3-4,8H2,1-2H3. The molecule has 0 fully saturated rings. The van der Waals surface area contributed by atoms with Crippen molar-refractivity contribution in [3.05, 3.63) is 0 Å². The summed E-state index contributed by atoms with van der Waals surface area (Å²) in [6.07, 6.45) is -2.95. The molecule has 0 aliphatic carbocycles. The Bertz CT molecular complexity index is 149. The van der Waals surface area contributed by atoms with Gasteiger partial charge in [0.2, 0.25) is 0 Å². The highest BCUT2D eigenvalue weighted by Crippen LogP contribution is 2.16. The predicted octanol–water partition coefficient (Wildman–Crippen LogP) is -2.40. The van der Waals surface area contributed by atoms with Gasteiger partial charge < -0.3 is 26.2 Å². The molecule has 6 N–H and O–H groups in total. The second kappa shape index (κ2) is 4.85. The molecule has 0 radical (unpaired) electrons. The van der Waals surface area contributed by atoms with Crippen LogP contribution >= 0.6 is 0 Å². The molecule has 0 amide bonds. The first-order chi connectivity index (χ1) is 5.84. The molecule has 0 aromatic rings. The zero-order valence-electron chi connectivity index (χ0n) is 7.88. The van der Waals surface area contributed by atoms with Crippen LogP contribution in [0.4, 0.5) is 0 Å². The Balaban J connectivity index is 4.51. The van der Waals surface area contributed by atoms with Gasteiger partial charge in [-0.25, -0.2) is 4.90 Å². The van der Waals surface area contributed by atoms with E-state index in [1.54, 1.807) is 0 Å². The number of aliphatic hydroxyl groups excluding tert-OH is 2. The maximum absolute atomic E-state index is 9.56. The maximum atomic E-state index is 9.56. The summed E-state index contributed by atoms with van der Waals surface area (Å²) in [4.78, 5) is 1.09. The molecule has 0 rings (SSSR count). The highest BCUT2D eigenvalue weighted by atomic mass is 16.5. The molecule has 0 saturated carbocycles. The predicted molar refractivity (Wildman–Crippen MR) is 46.3 cm³/mol. The number of nitrogens with zero attached hydrogens (tertiary/aromatic N) is 1. The Kier molecular flexibility index (Phi) is 4.76. The molecule has 2 atom stereocenters. The second-order valence-corrected chi connectivity index (χ2v) is 3.08. The first-order valence-electron chi connectivity index (χ1n) is 4.07. The van der Waals surface area contributed by atoms with Gasteiger partial charge in [-0.05, 0) is 13.8 Å². The van der Waals surface area contributed by atoms with Gasteiger partial charge in [-0.2, -0.15) is 0 Å². The van der Waals surface area contributed by atoms with Gasteiger partial charge in [-0.1, -0.05) is 0 Å². The lowest BCUT2D eigenvalue weighted by molar-refractivity contribution is -0.268. The molecule has 0 heterocycles. The summed E-state index contributed by atoms with van der Waals surface area (Å²) >= 11 is 0. The van der Waals surface area contributed by atoms with Crippen LogP contribution in [0, 0.1) is 0 Å². The van der Waals surface area contributed by atoms with E-state index in [4.69, 9.17) is 15.9 Å². The van der Waals surface area contributed by atoms with Gasteiger partial charge in [-0.15, -0.1) is 0 Å². The number of hydrogen-bond donors (Lipinski definition) is 5. The molecule has 2 unspecified atom stereocenters. The number of nitrogens with two attached hydrogens (primary N) is 1. The highest BCUT2D eigenvalue weighted by molar-refractivity contribution is 4.77. The molecule has 6 nitrogen and oxygen atoms in total. The lowest BCUT2D eigenvalue weighted by atomic mass is 10.2. The van der Waals surface area contributed by atoms with E-state index in [1.807, 2.05) is 0 Å². The molecule has 0 bridgehead atoms. The zero-order valence-corrected chi connectivity index (χ0v) is 7.88. The first kappa shape index (κ1) is 12.8. The minimum absolute atomic E-state index is 0.169. The summed E-state index contributed by atoms with van der Waals surface area (Å²) in [6, 6.07) is 0. The van der Waals surface area contributed by atoms with Gasteiger partial charge in [0.1, 0.15) is 6.23 Å². The number of aliphatic hydroxyl groups is 4. The van der Waals surface area contributed by atoms with E-state index in [1.165, 1.54) is 13.8 Å². The van der Waals surface area contributed by atoms with E-state index < -0.39 is 18.2 Å². The van der Waals surface area contributed by atoms with Gasteiger partial charge >= 0.3 is 0 Å². The van der Waals surface area contributed by atoms with Gasteiger partial charge in [0.25, 0.3) is 0 Å². The Labute approximate surface area is 77.2 Å². The van der Waals surface area contributed by atoms with Crippen molar-refractivity contribution in [2.24, 2.45) is 5.73 Å². The molecule has 13 heavy (non-hydrogen) atoms. The SMILES string of the molecule is CC(O)N(CCN)C(C)(O)C(O)O. The molecular weight excluding hydrogens is 176 g/mol. The van der Waals surface area contributed by atoms with Crippen LogP contribution < -0.4 is 5.73 Å². The lowest BCUT2D eigenvalue weighted by Crippen LogP contribution is -2.59. The summed E-state index contributed by atoms with van der Waals surface area (Å²) in [5.41, 5.74) is 3.34. The molecule has 0 aliphatic heterocycles. The van der Waals surface area contributed by atoms with Crippen molar-refractivity contribution >= 4 is 0 Å². The van der Waals surface area contributed by atoms with E-state index in [-0.39, 0.29) is 13.1 Å². The monoisotopic (exact) mass is 194 g/mol. The van der Waals surface area contributed by atoms with Crippen LogP contribution in [-0.2, 0) is 0 Å². The van der Waals surface area contributed by atoms with E-state index >= 15 is 0 Å². The minimum atomic E-state index is -1.95. The van der Waals surface area contributed by atoms with Crippen molar-refractivity contribution in [3.8, 4) is 0 Å². The molecule has 0 aliphatic rings. The molecule has 0 saturated heterocycles. The first-order valence-corrected chi connectivity index (χ1v) is 4.07. The minimum Gasteiger partial charge on any atom is -0.379 e. The van der Waals surface area contributed by atoms with Crippen molar-refractivity contribution < 1.29 is 20.4 Å². The van der Waals surface area contributed by atoms with Crippen LogP contribution in [0.3, 0.4) is 0 Å². The fourth-order valence-corrected chi connectivity index (χ4v) is 1.08. The maximum Gasteiger partial charge on any atom is 0.195 e. The van der Waals surface area contributed by atoms with Crippen LogP contribution in [0.25, 0.3) is 0 Å². The average Bonchev–Trinajstić information content (AvgIpc) is 1.98. The smallest absolute Gasteiger partial charge is 0.195 e. The topological polar surface area (TPSA) is 110 Å². The third-order valence-electron chi connectivity index (χ3n) is 1.89. The van der Waals surface area contributed by atoms with Crippen molar-refractivity contribution in [3.63, 3.8) is 0 Å². The van der Waals surface area contributed by atoms with Crippen LogP contribution in [0.1, 0.15) is 13.8 Å². The Hall–Kier alpha value is -0.240. The summed E-state index contributed by atoms with van der Waals surface area (Å²) < 4.78 is 0. The van der Waals surface area contributed by atoms with Crippen molar-refractivity contribution in [1.29, 1.82) is 0 Å². The van der Waals surface area contributed by atoms with Gasteiger partial charge in [0.05, 0.1) is 0 Å². The fraction of sp³-hybridized carbons (Fsp3) is 1.00. The van der Waals surface area contributed by atoms with Crippen molar-refractivity contribution in [2.45, 2.75) is 32.1 Å². The third kappa shape index (κ3) is 3.18. The van der Waals surface area contributed by atoms with E-state index in [0.717, 1.165) is 4.90 Å². The van der Waals surface area contributed by atoms with Crippen LogP contribution in [0.2, 0.25) is 0 Å². The quantitative estimate of drug-likeness (QED) is 0.312. The average molecular weight is 194 g/mol. The number of hydrogen-bond acceptors (Lipinski definition) is 6. The molecule has 80 valence electrons. The third-order valence-corrected chi connectivity index (χ3v) is 1.89. The van der Waals surface area contributed by atoms with Crippen molar-refractivity contribution in [1.82, 2.24) is 4.90 Å². The Morgan fingerprint density at radius 2 is 1.85 bits per heavy atom. The summed E-state index contributed by atoms with van der Waals surface area (Å²) in [6.45, 7) is 2.97. The Morgan fingerprint density at radius 3 is 2.08 bits per heavy atom. The number of rotatable bonds is 5. The molecule has 6 heteroatoms. The summed E-state index contributed by atoms with van der Waals surface area (Å²) in [5.74, 6) is 0. The highest BCUT2D eigenvalue weighted by Gasteiger charge is 2.37. The van der Waals surface area contributed by atoms with Gasteiger partial charge in [0, 0.05) is 13.1 Å². The molecule has 0 aromatic heterocycles. The second-order valence-electron chi connectivity index (χ2n) is 3.08. The normalized spacial score (nSPS) is 19.2. The summed E-state index contributed by atoms with van der Waals surface area (Å²) in [5, 5.41) is 36.5. The largest absolute Gasteiger partial charge is 0.379 e. The van der Waals surface area contributed by atoms with Crippen LogP contribution in [0.15, 0.2) is 0 Å². The molecular formula is C7H18N2O4. The van der Waals surface area contributed by atoms with E-state index in [9.17, 15) is 10.2 Å². The van der Waals surface area contributed by atoms with E-state index in [2.05, 4.69) is 0 Å². The van der Waals surface area contributed by atoms with Gasteiger partial charge in [-0.3, -0.25) is 0 Å². The van der Waals surface area contributed by atoms with Crippen LogP contribution in [-0.4, -0.2) is 56.7 Å². The summed E-state index contributed by atoms with van der Waals surface area (Å²) in [7, 11) is 0. The molecule has 0 spiro atoms. The van der Waals surface area contributed by atoms with E-state index in [0.29, 0.717) is 0 Å². The molecule has 0 aromatic carbocycles.